The second-order valence-electron chi connectivity index (χ2n) is 6.10. The van der Waals surface area contributed by atoms with Crippen LogP contribution in [0.1, 0.15) is 23.6 Å². The third-order valence-corrected chi connectivity index (χ3v) is 5.04. The van der Waals surface area contributed by atoms with Crippen molar-refractivity contribution in [2.75, 3.05) is 20.7 Å². The highest BCUT2D eigenvalue weighted by atomic mass is 32.2. The largest absolute Gasteiger partial charge is 0.366 e. The van der Waals surface area contributed by atoms with Crippen LogP contribution >= 0.6 is 11.9 Å². The number of aryl methyl sites for hydroxylation is 2. The van der Waals surface area contributed by atoms with Crippen LogP contribution in [0.5, 0.6) is 0 Å². The lowest BCUT2D eigenvalue weighted by Gasteiger charge is -2.20. The first-order valence-corrected chi connectivity index (χ1v) is 9.30. The lowest BCUT2D eigenvalue weighted by atomic mass is 10.0. The number of hydrogen-bond acceptors (Lipinski definition) is 4. The van der Waals surface area contributed by atoms with Crippen molar-refractivity contribution in [1.82, 2.24) is 9.37 Å². The highest BCUT2D eigenvalue weighted by molar-refractivity contribution is 7.96. The number of hydroxylamine groups is 1. The van der Waals surface area contributed by atoms with E-state index in [1.165, 1.54) is 29.6 Å². The van der Waals surface area contributed by atoms with Gasteiger partial charge in [0.15, 0.2) is 0 Å². The molecule has 0 aliphatic carbocycles. The first-order chi connectivity index (χ1) is 12.4. The monoisotopic (exact) mass is 375 g/mol. The molecule has 0 unspecified atom stereocenters. The van der Waals surface area contributed by atoms with E-state index in [2.05, 4.69) is 37.9 Å². The lowest BCUT2D eigenvalue weighted by molar-refractivity contribution is -0.0447. The van der Waals surface area contributed by atoms with Gasteiger partial charge < -0.3 is 4.90 Å². The molecule has 0 saturated carbocycles. The second-order valence-corrected chi connectivity index (χ2v) is 7.16. The van der Waals surface area contributed by atoms with Crippen molar-refractivity contribution in [3.05, 3.63) is 58.9 Å². The van der Waals surface area contributed by atoms with E-state index < -0.39 is 0 Å². The van der Waals surface area contributed by atoms with E-state index >= 15 is 0 Å². The van der Waals surface area contributed by atoms with E-state index in [1.807, 2.05) is 18.3 Å². The first-order valence-electron chi connectivity index (χ1n) is 8.52. The van der Waals surface area contributed by atoms with Crippen molar-refractivity contribution in [2.45, 2.75) is 32.2 Å². The molecule has 0 bridgehead atoms. The van der Waals surface area contributed by atoms with Crippen molar-refractivity contribution in [3.63, 3.8) is 0 Å². The molecule has 140 valence electrons. The minimum atomic E-state index is -0.241. The Bertz CT molecular complexity index is 749. The number of nitrogens with zero attached hydrogens (tertiary/aromatic N) is 3. The number of hydrogen-bond donors (Lipinski definition) is 0. The maximum atomic E-state index is 13.1. The number of halogens is 1. The molecule has 0 amide bonds. The van der Waals surface area contributed by atoms with Crippen LogP contribution in [-0.2, 0) is 11.4 Å². The van der Waals surface area contributed by atoms with Crippen LogP contribution in [0.15, 0.2) is 46.3 Å². The Kier molecular flexibility index (Phi) is 7.63. The average Bonchev–Trinajstić information content (AvgIpc) is 2.63. The second kappa shape index (κ2) is 9.71. The molecule has 2 aromatic rings. The fraction of sp³-hybridized carbons (Fsp3) is 0.350. The fourth-order valence-corrected chi connectivity index (χ4v) is 3.07. The van der Waals surface area contributed by atoms with Gasteiger partial charge in [-0.25, -0.2) is 9.38 Å². The maximum absolute atomic E-state index is 13.1. The zero-order valence-corrected chi connectivity index (χ0v) is 16.8. The molecular formula is C20H26FN3OS. The minimum absolute atomic E-state index is 0.241. The normalized spacial score (nSPS) is 11.5. The van der Waals surface area contributed by atoms with E-state index in [1.54, 1.807) is 23.7 Å². The lowest BCUT2D eigenvalue weighted by Crippen LogP contribution is -2.15. The minimum Gasteiger partial charge on any atom is -0.366 e. The van der Waals surface area contributed by atoms with Crippen molar-refractivity contribution < 1.29 is 9.23 Å². The summed E-state index contributed by atoms with van der Waals surface area (Å²) in [6.45, 7) is 7.76. The van der Waals surface area contributed by atoms with Crippen molar-refractivity contribution >= 4 is 24.0 Å². The molecule has 0 atom stereocenters. The highest BCUT2D eigenvalue weighted by Gasteiger charge is 2.11. The molecular weight excluding hydrogens is 349 g/mol. The van der Waals surface area contributed by atoms with Gasteiger partial charge in [-0.3, -0.25) is 4.84 Å². The zero-order valence-electron chi connectivity index (χ0n) is 16.0. The Morgan fingerprint density at radius 1 is 1.15 bits per heavy atom. The molecule has 2 rings (SSSR count). The molecule has 6 heteroatoms. The van der Waals surface area contributed by atoms with Gasteiger partial charge in [-0.05, 0) is 79.7 Å². The van der Waals surface area contributed by atoms with Gasteiger partial charge in [0.25, 0.3) is 0 Å². The quantitative estimate of drug-likeness (QED) is 0.277. The molecule has 0 spiro atoms. The Morgan fingerprint density at radius 2 is 1.85 bits per heavy atom. The smallest absolute Gasteiger partial charge is 0.123 e. The van der Waals surface area contributed by atoms with Crippen LogP contribution in [0.3, 0.4) is 0 Å². The molecule has 0 aromatic heterocycles. The van der Waals surface area contributed by atoms with E-state index in [0.717, 1.165) is 28.3 Å². The third kappa shape index (κ3) is 5.83. The summed E-state index contributed by atoms with van der Waals surface area (Å²) in [4.78, 5) is 13.0. The molecule has 2 aromatic carbocycles. The Hall–Kier alpha value is -1.89. The topological polar surface area (TPSA) is 28.1 Å². The Morgan fingerprint density at radius 3 is 2.46 bits per heavy atom. The van der Waals surface area contributed by atoms with E-state index in [-0.39, 0.29) is 5.82 Å². The summed E-state index contributed by atoms with van der Waals surface area (Å²) in [7, 11) is 3.64. The first kappa shape index (κ1) is 20.4. The number of rotatable bonds is 8. The zero-order chi connectivity index (χ0) is 19.1. The molecule has 26 heavy (non-hydrogen) atoms. The van der Waals surface area contributed by atoms with Gasteiger partial charge in [-0.15, -0.1) is 4.47 Å². The van der Waals surface area contributed by atoms with Gasteiger partial charge in [0.05, 0.1) is 25.7 Å². The average molecular weight is 376 g/mol. The summed E-state index contributed by atoms with van der Waals surface area (Å²) in [5.41, 5.74) is 4.42. The van der Waals surface area contributed by atoms with Gasteiger partial charge >= 0.3 is 0 Å². The van der Waals surface area contributed by atoms with E-state index in [9.17, 15) is 4.39 Å². The van der Waals surface area contributed by atoms with Gasteiger partial charge in [-0.2, -0.15) is 0 Å². The number of benzene rings is 2. The summed E-state index contributed by atoms with van der Waals surface area (Å²) in [6, 6.07) is 10.6. The highest BCUT2D eigenvalue weighted by Crippen LogP contribution is 2.28. The fourth-order valence-electron chi connectivity index (χ4n) is 2.30. The van der Waals surface area contributed by atoms with Crippen molar-refractivity contribution in [1.29, 1.82) is 0 Å². The Balaban J connectivity index is 2.13. The summed E-state index contributed by atoms with van der Waals surface area (Å²) < 4.78 is 14.8. The molecule has 4 nitrogen and oxygen atoms in total. The van der Waals surface area contributed by atoms with Gasteiger partial charge in [0.2, 0.25) is 0 Å². The molecule has 0 aliphatic heterocycles. The van der Waals surface area contributed by atoms with Crippen LogP contribution in [0, 0.1) is 19.7 Å². The Labute approximate surface area is 159 Å². The standard InChI is InChI=1S/C20H26FN3OS/c1-6-23(4)14-22-20-12-15(2)17(11-16(20)3)13-24(25-5)26-19-9-7-18(21)8-10-19/h7-12,14H,6,13H2,1-5H3. The molecule has 0 aliphatic rings. The molecule has 0 N–H and O–H groups in total. The summed E-state index contributed by atoms with van der Waals surface area (Å²) in [5, 5.41) is 0. The summed E-state index contributed by atoms with van der Waals surface area (Å²) in [6.07, 6.45) is 1.85. The van der Waals surface area contributed by atoms with Gasteiger partial charge in [-0.1, -0.05) is 6.07 Å². The molecule has 0 heterocycles. The van der Waals surface area contributed by atoms with Gasteiger partial charge in [0, 0.05) is 18.5 Å². The van der Waals surface area contributed by atoms with Crippen LogP contribution < -0.4 is 0 Å². The van der Waals surface area contributed by atoms with Crippen LogP contribution in [0.25, 0.3) is 0 Å². The third-order valence-electron chi connectivity index (χ3n) is 4.07. The molecule has 0 saturated heterocycles. The van der Waals surface area contributed by atoms with E-state index in [0.29, 0.717) is 6.54 Å². The number of aliphatic imine (C=N–C) groups is 1. The SMILES string of the molecule is CCN(C)C=Nc1cc(C)c(CN(OC)Sc2ccc(F)cc2)cc1C. The van der Waals surface area contributed by atoms with Gasteiger partial charge in [0.1, 0.15) is 5.82 Å². The predicted octanol–water partition coefficient (Wildman–Crippen LogP) is 5.12. The van der Waals surface area contributed by atoms with Crippen molar-refractivity contribution in [2.24, 2.45) is 4.99 Å². The van der Waals surface area contributed by atoms with Crippen LogP contribution in [-0.4, -0.2) is 36.4 Å². The predicted molar refractivity (Wildman–Crippen MR) is 107 cm³/mol. The van der Waals surface area contributed by atoms with Crippen molar-refractivity contribution in [3.8, 4) is 0 Å². The molecule has 0 radical (unpaired) electrons. The molecule has 0 fully saturated rings. The maximum Gasteiger partial charge on any atom is 0.123 e. The van der Waals surface area contributed by atoms with Crippen LogP contribution in [0.4, 0.5) is 10.1 Å². The van der Waals surface area contributed by atoms with E-state index in [4.69, 9.17) is 4.84 Å². The van der Waals surface area contributed by atoms with Crippen LogP contribution in [0.2, 0.25) is 0 Å². The summed E-state index contributed by atoms with van der Waals surface area (Å²) >= 11 is 1.44. The summed E-state index contributed by atoms with van der Waals surface area (Å²) in [5.74, 6) is -0.241.